The summed E-state index contributed by atoms with van der Waals surface area (Å²) in [4.78, 5) is 24.1. The molecule has 1 aromatic heterocycles. The van der Waals surface area contributed by atoms with E-state index in [9.17, 15) is 9.59 Å². The van der Waals surface area contributed by atoms with Gasteiger partial charge in [0.05, 0.1) is 29.6 Å². The number of carbonyl (C=O) groups is 2. The van der Waals surface area contributed by atoms with Gasteiger partial charge >= 0.3 is 5.97 Å². The van der Waals surface area contributed by atoms with Crippen LogP contribution in [0, 0.1) is 0 Å². The Labute approximate surface area is 145 Å². The molecule has 0 aliphatic carbocycles. The number of anilines is 1. The Balaban J connectivity index is 1.74. The fraction of sp³-hybridized carbons (Fsp3) is 0.105. The Bertz CT molecular complexity index is 888. The van der Waals surface area contributed by atoms with Gasteiger partial charge in [-0.05, 0) is 37.3 Å². The highest BCUT2D eigenvalue weighted by molar-refractivity contribution is 6.04. The van der Waals surface area contributed by atoms with Gasteiger partial charge in [0.15, 0.2) is 0 Å². The fourth-order valence-corrected chi connectivity index (χ4v) is 2.30. The molecular weight excluding hydrogens is 318 g/mol. The molecule has 0 aliphatic rings. The smallest absolute Gasteiger partial charge is 0.338 e. The van der Waals surface area contributed by atoms with Crippen molar-refractivity contribution in [2.75, 3.05) is 11.9 Å². The zero-order chi connectivity index (χ0) is 17.6. The average molecular weight is 335 g/mol. The van der Waals surface area contributed by atoms with Crippen LogP contribution in [0.1, 0.15) is 27.6 Å². The van der Waals surface area contributed by atoms with Gasteiger partial charge in [-0.2, -0.15) is 5.10 Å². The van der Waals surface area contributed by atoms with Crippen LogP contribution in [-0.4, -0.2) is 28.3 Å². The minimum absolute atomic E-state index is 0.300. The largest absolute Gasteiger partial charge is 0.462 e. The Kier molecular flexibility index (Phi) is 4.89. The zero-order valence-corrected chi connectivity index (χ0v) is 13.7. The molecule has 0 aliphatic heterocycles. The van der Waals surface area contributed by atoms with Crippen LogP contribution in [-0.2, 0) is 4.74 Å². The number of esters is 1. The van der Waals surface area contributed by atoms with Gasteiger partial charge in [-0.25, -0.2) is 9.48 Å². The van der Waals surface area contributed by atoms with Crippen molar-refractivity contribution in [3.8, 4) is 5.69 Å². The van der Waals surface area contributed by atoms with Crippen LogP contribution < -0.4 is 5.32 Å². The van der Waals surface area contributed by atoms with E-state index in [1.165, 1.54) is 6.20 Å². The summed E-state index contributed by atoms with van der Waals surface area (Å²) in [5.41, 5.74) is 2.19. The molecule has 1 N–H and O–H groups in total. The molecule has 126 valence electrons. The summed E-state index contributed by atoms with van der Waals surface area (Å²) in [6.45, 7) is 2.04. The SMILES string of the molecule is CCOC(=O)c1cccc(NC(=O)c2cnn(-c3ccccc3)c2)c1. The number of carbonyl (C=O) groups excluding carboxylic acids is 2. The van der Waals surface area contributed by atoms with Crippen molar-refractivity contribution in [3.05, 3.63) is 78.1 Å². The summed E-state index contributed by atoms with van der Waals surface area (Å²) < 4.78 is 6.59. The lowest BCUT2D eigenvalue weighted by atomic mass is 10.2. The number of ether oxygens (including phenoxy) is 1. The lowest BCUT2D eigenvalue weighted by Gasteiger charge is -2.06. The number of hydrogen-bond acceptors (Lipinski definition) is 4. The molecule has 0 unspecified atom stereocenters. The number of rotatable bonds is 5. The predicted molar refractivity (Wildman–Crippen MR) is 93.9 cm³/mol. The third kappa shape index (κ3) is 3.92. The summed E-state index contributed by atoms with van der Waals surface area (Å²) in [6.07, 6.45) is 3.15. The summed E-state index contributed by atoms with van der Waals surface area (Å²) in [5.74, 6) is -0.723. The lowest BCUT2D eigenvalue weighted by molar-refractivity contribution is 0.0526. The van der Waals surface area contributed by atoms with Gasteiger partial charge in [0.1, 0.15) is 0 Å². The Hall–Kier alpha value is -3.41. The molecular formula is C19H17N3O3. The molecule has 2 aromatic carbocycles. The molecule has 0 saturated carbocycles. The molecule has 1 heterocycles. The Morgan fingerprint density at radius 1 is 1.08 bits per heavy atom. The normalized spacial score (nSPS) is 10.3. The van der Waals surface area contributed by atoms with E-state index in [0.29, 0.717) is 23.4 Å². The number of nitrogens with zero attached hydrogens (tertiary/aromatic N) is 2. The number of hydrogen-bond donors (Lipinski definition) is 1. The highest BCUT2D eigenvalue weighted by Crippen LogP contribution is 2.14. The van der Waals surface area contributed by atoms with Crippen LogP contribution in [0.3, 0.4) is 0 Å². The van der Waals surface area contributed by atoms with Crippen LogP contribution in [0.25, 0.3) is 5.69 Å². The molecule has 0 spiro atoms. The first-order valence-electron chi connectivity index (χ1n) is 7.86. The van der Waals surface area contributed by atoms with Crippen LogP contribution in [0.2, 0.25) is 0 Å². The third-order valence-corrected chi connectivity index (χ3v) is 3.50. The van der Waals surface area contributed by atoms with E-state index < -0.39 is 5.97 Å². The van der Waals surface area contributed by atoms with Crippen molar-refractivity contribution < 1.29 is 14.3 Å². The number of aromatic nitrogens is 2. The van der Waals surface area contributed by atoms with Crippen molar-refractivity contribution in [2.45, 2.75) is 6.92 Å². The van der Waals surface area contributed by atoms with Crippen molar-refractivity contribution in [1.29, 1.82) is 0 Å². The van der Waals surface area contributed by atoms with E-state index in [0.717, 1.165) is 5.69 Å². The molecule has 1 amide bonds. The predicted octanol–water partition coefficient (Wildman–Crippen LogP) is 3.30. The Morgan fingerprint density at radius 3 is 2.64 bits per heavy atom. The minimum atomic E-state index is -0.421. The van der Waals surface area contributed by atoms with Gasteiger partial charge in [0, 0.05) is 11.9 Å². The lowest BCUT2D eigenvalue weighted by Crippen LogP contribution is -2.12. The monoisotopic (exact) mass is 335 g/mol. The first kappa shape index (κ1) is 16.4. The highest BCUT2D eigenvalue weighted by Gasteiger charge is 2.12. The van der Waals surface area contributed by atoms with E-state index in [-0.39, 0.29) is 5.91 Å². The zero-order valence-electron chi connectivity index (χ0n) is 13.7. The molecule has 3 rings (SSSR count). The quantitative estimate of drug-likeness (QED) is 0.726. The molecule has 6 heteroatoms. The first-order valence-corrected chi connectivity index (χ1v) is 7.86. The van der Waals surface area contributed by atoms with E-state index >= 15 is 0 Å². The Morgan fingerprint density at radius 2 is 1.88 bits per heavy atom. The maximum atomic E-state index is 12.4. The standard InChI is InChI=1S/C19H17N3O3/c1-2-25-19(24)14-7-6-8-16(11-14)21-18(23)15-12-20-22(13-15)17-9-4-3-5-10-17/h3-13H,2H2,1H3,(H,21,23). The third-order valence-electron chi connectivity index (χ3n) is 3.50. The van der Waals surface area contributed by atoms with Gasteiger partial charge < -0.3 is 10.1 Å². The van der Waals surface area contributed by atoms with Crippen LogP contribution in [0.5, 0.6) is 0 Å². The maximum absolute atomic E-state index is 12.4. The molecule has 0 bridgehead atoms. The van der Waals surface area contributed by atoms with Crippen LogP contribution in [0.15, 0.2) is 67.0 Å². The fourth-order valence-electron chi connectivity index (χ4n) is 2.30. The number of nitrogens with one attached hydrogen (secondary N) is 1. The molecule has 0 saturated heterocycles. The summed E-state index contributed by atoms with van der Waals surface area (Å²) >= 11 is 0. The van der Waals surface area contributed by atoms with Gasteiger partial charge in [0.2, 0.25) is 0 Å². The molecule has 3 aromatic rings. The summed E-state index contributed by atoms with van der Waals surface area (Å²) in [7, 11) is 0. The highest BCUT2D eigenvalue weighted by atomic mass is 16.5. The van der Waals surface area contributed by atoms with Gasteiger partial charge in [-0.15, -0.1) is 0 Å². The van der Waals surface area contributed by atoms with Crippen LogP contribution in [0.4, 0.5) is 5.69 Å². The van der Waals surface area contributed by atoms with Crippen LogP contribution >= 0.6 is 0 Å². The van der Waals surface area contributed by atoms with Gasteiger partial charge in [0.25, 0.3) is 5.91 Å². The van der Waals surface area contributed by atoms with E-state index in [1.807, 2.05) is 30.3 Å². The first-order chi connectivity index (χ1) is 12.2. The second-order valence-corrected chi connectivity index (χ2v) is 5.26. The molecule has 0 fully saturated rings. The molecule has 6 nitrogen and oxygen atoms in total. The van der Waals surface area contributed by atoms with Gasteiger partial charge in [-0.1, -0.05) is 24.3 Å². The topological polar surface area (TPSA) is 73.2 Å². The molecule has 25 heavy (non-hydrogen) atoms. The average Bonchev–Trinajstić information content (AvgIpc) is 3.13. The van der Waals surface area contributed by atoms with Crippen molar-refractivity contribution >= 4 is 17.6 Å². The summed E-state index contributed by atoms with van der Waals surface area (Å²) in [5, 5.41) is 6.96. The second kappa shape index (κ2) is 7.44. The molecule has 0 atom stereocenters. The van der Waals surface area contributed by atoms with Crippen molar-refractivity contribution in [3.63, 3.8) is 0 Å². The van der Waals surface area contributed by atoms with Crippen molar-refractivity contribution in [2.24, 2.45) is 0 Å². The second-order valence-electron chi connectivity index (χ2n) is 5.26. The maximum Gasteiger partial charge on any atom is 0.338 e. The van der Waals surface area contributed by atoms with E-state index in [4.69, 9.17) is 4.74 Å². The summed E-state index contributed by atoms with van der Waals surface area (Å²) in [6, 6.07) is 16.1. The minimum Gasteiger partial charge on any atom is -0.462 e. The number of benzene rings is 2. The van der Waals surface area contributed by atoms with Gasteiger partial charge in [-0.3, -0.25) is 4.79 Å². The number of amides is 1. The van der Waals surface area contributed by atoms with Crippen molar-refractivity contribution in [1.82, 2.24) is 9.78 Å². The number of para-hydroxylation sites is 1. The van der Waals surface area contributed by atoms with E-state index in [2.05, 4.69) is 10.4 Å². The molecule has 0 radical (unpaired) electrons. The van der Waals surface area contributed by atoms with E-state index in [1.54, 1.807) is 42.1 Å².